The summed E-state index contributed by atoms with van der Waals surface area (Å²) in [5, 5.41) is 13.5. The number of hydrogen-bond donors (Lipinski definition) is 1. The van der Waals surface area contributed by atoms with Gasteiger partial charge in [0, 0.05) is 26.6 Å². The van der Waals surface area contributed by atoms with Crippen LogP contribution in [0.25, 0.3) is 106 Å². The molecule has 6 heteroatoms. The van der Waals surface area contributed by atoms with Crippen molar-refractivity contribution in [3.63, 3.8) is 0 Å². The molecule has 1 N–H and O–H groups in total. The Hall–Kier alpha value is -7.33. The third-order valence-corrected chi connectivity index (χ3v) is 15.9. The number of aromatic hydroxyl groups is 1. The van der Waals surface area contributed by atoms with Gasteiger partial charge in [0.15, 0.2) is 5.82 Å². The van der Waals surface area contributed by atoms with Crippen molar-refractivity contribution in [3.05, 3.63) is 202 Å². The van der Waals surface area contributed by atoms with Crippen molar-refractivity contribution in [3.8, 4) is 78.7 Å². The van der Waals surface area contributed by atoms with Crippen LogP contribution in [0.4, 0.5) is 0 Å². The Morgan fingerprint density at radius 1 is 0.513 bits per heavy atom. The summed E-state index contributed by atoms with van der Waals surface area (Å²) in [4.78, 5) is 11.5. The molecule has 1 aliphatic rings. The van der Waals surface area contributed by atoms with Crippen molar-refractivity contribution in [2.24, 2.45) is 0 Å². The molecule has 8 aromatic carbocycles. The molecule has 5 nitrogen and oxygen atoms in total. The average Bonchev–Trinajstić information content (AvgIpc) is 4.03. The van der Waals surface area contributed by atoms with Crippen LogP contribution < -0.4 is 0 Å². The fourth-order valence-corrected chi connectivity index (χ4v) is 12.3. The summed E-state index contributed by atoms with van der Waals surface area (Å²) < 4.78 is 9.07. The number of para-hydroxylation sites is 2. The number of rotatable bonds is 10. The zero-order valence-corrected chi connectivity index (χ0v) is 47.4. The van der Waals surface area contributed by atoms with Gasteiger partial charge in [0.2, 0.25) is 0 Å². The molecule has 12 rings (SSSR count). The second kappa shape index (κ2) is 20.0. The maximum atomic E-state index is 11.4. The molecule has 0 amide bonds. The second-order valence-electron chi connectivity index (χ2n) is 22.1. The molecule has 3 aromatic heterocycles. The number of pyridine rings is 1. The van der Waals surface area contributed by atoms with Gasteiger partial charge in [0.1, 0.15) is 17.0 Å². The zero-order chi connectivity index (χ0) is 52.0. The third kappa shape index (κ3) is 8.34. The van der Waals surface area contributed by atoms with E-state index in [1.54, 1.807) is 6.07 Å². The number of phenols is 1. The number of imidazole rings is 1. The van der Waals surface area contributed by atoms with Crippen LogP contribution in [0.1, 0.15) is 124 Å². The number of fused-ring (bicyclic) bond motifs is 7. The van der Waals surface area contributed by atoms with Gasteiger partial charge < -0.3 is 9.52 Å². The SMILES string of the molecule is Cc1cccc(C)c1-n1c(-c2ccc3c(n2)-c2c(O)cccc2CC3)nc2c(-c3[c-]cc4c(c3)oc3ccccc34)c(-c3c(-c4c(C(C)C)cccc4C(C)C)cccc3-c3c(C(C)C)cccc3C(C)C)ccc21.[Pt]. The van der Waals surface area contributed by atoms with Crippen molar-refractivity contribution >= 4 is 33.0 Å². The Bertz CT molecular complexity index is 3920. The summed E-state index contributed by atoms with van der Waals surface area (Å²) in [5.74, 6) is 2.04. The first-order chi connectivity index (χ1) is 36.3. The molecule has 0 spiro atoms. The van der Waals surface area contributed by atoms with Gasteiger partial charge in [-0.25, -0.2) is 9.97 Å². The van der Waals surface area contributed by atoms with E-state index in [1.807, 2.05) is 18.2 Å². The van der Waals surface area contributed by atoms with Crippen molar-refractivity contribution in [2.75, 3.05) is 0 Å². The Morgan fingerprint density at radius 2 is 1.08 bits per heavy atom. The van der Waals surface area contributed by atoms with E-state index in [4.69, 9.17) is 14.4 Å². The Labute approximate surface area is 462 Å². The predicted octanol–water partition coefficient (Wildman–Crippen LogP) is 19.0. The summed E-state index contributed by atoms with van der Waals surface area (Å²) in [6.07, 6.45) is 1.69. The topological polar surface area (TPSA) is 64.1 Å². The van der Waals surface area contributed by atoms with E-state index in [1.165, 1.54) is 50.1 Å². The fourth-order valence-electron chi connectivity index (χ4n) is 12.3. The number of benzene rings is 8. The van der Waals surface area contributed by atoms with E-state index in [2.05, 4.69) is 207 Å². The van der Waals surface area contributed by atoms with Gasteiger partial charge in [-0.3, -0.25) is 4.57 Å². The van der Waals surface area contributed by atoms with Crippen LogP contribution in [-0.4, -0.2) is 19.6 Å². The minimum absolute atomic E-state index is 0. The maximum absolute atomic E-state index is 11.4. The molecular formula is C70H64N3O2Pt-. The minimum atomic E-state index is 0. The molecule has 0 saturated heterocycles. The van der Waals surface area contributed by atoms with Gasteiger partial charge in [-0.1, -0.05) is 182 Å². The maximum Gasteiger partial charge on any atom is 0.163 e. The summed E-state index contributed by atoms with van der Waals surface area (Å²) in [7, 11) is 0. The second-order valence-corrected chi connectivity index (χ2v) is 22.1. The first-order valence-corrected chi connectivity index (χ1v) is 27.0. The van der Waals surface area contributed by atoms with Crippen LogP contribution in [0.3, 0.4) is 0 Å². The normalized spacial score (nSPS) is 12.4. The monoisotopic (exact) mass is 1170 g/mol. The quantitative estimate of drug-likeness (QED) is 0.139. The van der Waals surface area contributed by atoms with E-state index in [0.717, 1.165) is 113 Å². The smallest absolute Gasteiger partial charge is 0.163 e. The summed E-state index contributed by atoms with van der Waals surface area (Å²) in [5.41, 5.74) is 25.7. The van der Waals surface area contributed by atoms with E-state index in [0.29, 0.717) is 0 Å². The molecule has 382 valence electrons. The van der Waals surface area contributed by atoms with E-state index >= 15 is 0 Å². The van der Waals surface area contributed by atoms with Crippen molar-refractivity contribution < 1.29 is 30.6 Å². The number of furan rings is 1. The van der Waals surface area contributed by atoms with Gasteiger partial charge in [0.25, 0.3) is 0 Å². The Morgan fingerprint density at radius 3 is 1.71 bits per heavy atom. The molecule has 3 heterocycles. The first kappa shape index (κ1) is 50.8. The van der Waals surface area contributed by atoms with E-state index in [9.17, 15) is 5.11 Å². The van der Waals surface area contributed by atoms with Crippen molar-refractivity contribution in [1.82, 2.24) is 14.5 Å². The van der Waals surface area contributed by atoms with Crippen LogP contribution >= 0.6 is 0 Å². The molecule has 11 aromatic rings. The van der Waals surface area contributed by atoms with Gasteiger partial charge in [-0.05, 0) is 158 Å². The molecule has 0 aliphatic heterocycles. The average molecular weight is 1170 g/mol. The van der Waals surface area contributed by atoms with Crippen LogP contribution in [0, 0.1) is 19.9 Å². The molecule has 1 aliphatic carbocycles. The Kier molecular flexibility index (Phi) is 13.4. The Balaban J connectivity index is 0.00000616. The van der Waals surface area contributed by atoms with Gasteiger partial charge in [-0.2, -0.15) is 0 Å². The molecule has 0 saturated carbocycles. The number of nitrogens with zero attached hydrogens (tertiary/aromatic N) is 3. The molecule has 0 atom stereocenters. The third-order valence-electron chi connectivity index (χ3n) is 15.9. The van der Waals surface area contributed by atoms with Crippen LogP contribution in [0.2, 0.25) is 0 Å². The standard InChI is InChI=1S/C70H64N3O2.Pt/c1-39(2)48-22-15-23-49(40(3)4)64(48)54-26-17-27-55(65-50(41(5)6)24-16-25-51(65)42(7)8)66(54)56-35-37-58-68(62(56)47-32-34-53-52-21-11-12-29-60(52)75-61(53)38-47)72-70(73(58)69-43(9)18-13-19-44(69)10)57-36-33-46-31-30-45-20-14-28-59(74)63(45)67(46)71-57;/h11-29,33-42,74H,30-31H2,1-10H3;/q-1;. The summed E-state index contributed by atoms with van der Waals surface area (Å²) in [6, 6.07) is 58.6. The number of aryl methyl sites for hydroxylation is 4. The molecule has 0 bridgehead atoms. The number of hydrogen-bond acceptors (Lipinski definition) is 4. The van der Waals surface area contributed by atoms with Crippen LogP contribution in [0.15, 0.2) is 156 Å². The first-order valence-electron chi connectivity index (χ1n) is 27.0. The van der Waals surface area contributed by atoms with Crippen molar-refractivity contribution in [1.29, 1.82) is 0 Å². The number of phenolic OH excluding ortho intramolecular Hbond substituents is 1. The van der Waals surface area contributed by atoms with Gasteiger partial charge >= 0.3 is 0 Å². The molecule has 0 radical (unpaired) electrons. The van der Waals surface area contributed by atoms with E-state index < -0.39 is 0 Å². The summed E-state index contributed by atoms with van der Waals surface area (Å²) in [6.45, 7) is 22.9. The molecule has 0 fully saturated rings. The van der Waals surface area contributed by atoms with Crippen LogP contribution in [0.5, 0.6) is 5.75 Å². The molecule has 76 heavy (non-hydrogen) atoms. The fraction of sp³-hybridized carbons (Fsp3) is 0.229. The van der Waals surface area contributed by atoms with Crippen molar-refractivity contribution in [2.45, 2.75) is 106 Å². The molecular weight excluding hydrogens is 1110 g/mol. The zero-order valence-electron chi connectivity index (χ0n) is 45.2. The van der Waals surface area contributed by atoms with Gasteiger partial charge in [-0.15, -0.1) is 23.8 Å². The van der Waals surface area contributed by atoms with Gasteiger partial charge in [0.05, 0.1) is 28.0 Å². The largest absolute Gasteiger partial charge is 0.507 e. The van der Waals surface area contributed by atoms with E-state index in [-0.39, 0.29) is 50.5 Å². The number of aromatic nitrogens is 3. The van der Waals surface area contributed by atoms with Crippen LogP contribution in [-0.2, 0) is 33.9 Å². The summed E-state index contributed by atoms with van der Waals surface area (Å²) >= 11 is 0. The predicted molar refractivity (Wildman–Crippen MR) is 312 cm³/mol. The molecule has 0 unspecified atom stereocenters. The minimum Gasteiger partial charge on any atom is -0.507 e.